The molecule has 78 valence electrons. The van der Waals surface area contributed by atoms with Gasteiger partial charge in [-0.3, -0.25) is 4.79 Å². The molecule has 0 spiro atoms. The predicted octanol–water partition coefficient (Wildman–Crippen LogP) is 1.36. The highest BCUT2D eigenvalue weighted by Gasteiger charge is 2.00. The first-order valence-corrected chi connectivity index (χ1v) is 5.75. The van der Waals surface area contributed by atoms with Crippen LogP contribution < -0.4 is 10.6 Å². The SMILES string of the molecule is CCNCCC(=O)NCc1ccsc1. The lowest BCUT2D eigenvalue weighted by atomic mass is 10.3. The maximum Gasteiger partial charge on any atom is 0.221 e. The lowest BCUT2D eigenvalue weighted by Gasteiger charge is -2.03. The van der Waals surface area contributed by atoms with Crippen LogP contribution in [0.4, 0.5) is 0 Å². The molecule has 0 bridgehead atoms. The molecule has 4 heteroatoms. The molecule has 0 saturated carbocycles. The molecule has 0 fully saturated rings. The number of carbonyl (C=O) groups excluding carboxylic acids is 1. The van der Waals surface area contributed by atoms with Crippen LogP contribution in [-0.2, 0) is 11.3 Å². The Kier molecular flexibility index (Phi) is 5.25. The fraction of sp³-hybridized carbons (Fsp3) is 0.500. The minimum atomic E-state index is 0.108. The zero-order valence-corrected chi connectivity index (χ0v) is 9.19. The molecule has 0 unspecified atom stereocenters. The average molecular weight is 212 g/mol. The smallest absolute Gasteiger partial charge is 0.221 e. The van der Waals surface area contributed by atoms with Crippen LogP contribution in [0.2, 0.25) is 0 Å². The highest BCUT2D eigenvalue weighted by molar-refractivity contribution is 7.07. The second kappa shape index (κ2) is 6.56. The van der Waals surface area contributed by atoms with E-state index in [1.807, 2.05) is 23.8 Å². The molecule has 14 heavy (non-hydrogen) atoms. The van der Waals surface area contributed by atoms with Crippen molar-refractivity contribution in [1.82, 2.24) is 10.6 Å². The standard InChI is InChI=1S/C10H16N2OS/c1-2-11-5-3-10(13)12-7-9-4-6-14-8-9/h4,6,8,11H,2-3,5,7H2,1H3,(H,12,13). The van der Waals surface area contributed by atoms with Crippen molar-refractivity contribution in [3.05, 3.63) is 22.4 Å². The second-order valence-corrected chi connectivity index (χ2v) is 3.79. The minimum absolute atomic E-state index is 0.108. The molecule has 0 atom stereocenters. The maximum absolute atomic E-state index is 11.3. The number of hydrogen-bond donors (Lipinski definition) is 2. The topological polar surface area (TPSA) is 41.1 Å². The first kappa shape index (κ1) is 11.2. The van der Waals surface area contributed by atoms with Crippen LogP contribution in [0.25, 0.3) is 0 Å². The zero-order valence-electron chi connectivity index (χ0n) is 8.38. The van der Waals surface area contributed by atoms with Gasteiger partial charge in [-0.05, 0) is 28.9 Å². The summed E-state index contributed by atoms with van der Waals surface area (Å²) in [7, 11) is 0. The Labute approximate surface area is 88.5 Å². The fourth-order valence-electron chi connectivity index (χ4n) is 1.06. The summed E-state index contributed by atoms with van der Waals surface area (Å²) < 4.78 is 0. The van der Waals surface area contributed by atoms with Crippen molar-refractivity contribution < 1.29 is 4.79 Å². The molecule has 1 heterocycles. The van der Waals surface area contributed by atoms with E-state index in [2.05, 4.69) is 10.6 Å². The number of amides is 1. The highest BCUT2D eigenvalue weighted by atomic mass is 32.1. The van der Waals surface area contributed by atoms with Crippen molar-refractivity contribution in [2.24, 2.45) is 0 Å². The van der Waals surface area contributed by atoms with Crippen molar-refractivity contribution in [3.63, 3.8) is 0 Å². The van der Waals surface area contributed by atoms with Gasteiger partial charge >= 0.3 is 0 Å². The van der Waals surface area contributed by atoms with Gasteiger partial charge in [0.05, 0.1) is 0 Å². The predicted molar refractivity (Wildman–Crippen MR) is 59.3 cm³/mol. The Hall–Kier alpha value is -0.870. The quantitative estimate of drug-likeness (QED) is 0.699. The summed E-state index contributed by atoms with van der Waals surface area (Å²) in [4.78, 5) is 11.3. The van der Waals surface area contributed by atoms with E-state index in [0.717, 1.165) is 13.1 Å². The zero-order chi connectivity index (χ0) is 10.2. The van der Waals surface area contributed by atoms with E-state index in [4.69, 9.17) is 0 Å². The number of hydrogen-bond acceptors (Lipinski definition) is 3. The van der Waals surface area contributed by atoms with Crippen LogP contribution in [0.5, 0.6) is 0 Å². The third-order valence-electron chi connectivity index (χ3n) is 1.85. The summed E-state index contributed by atoms with van der Waals surface area (Å²) in [6, 6.07) is 2.02. The molecular weight excluding hydrogens is 196 g/mol. The van der Waals surface area contributed by atoms with Crippen LogP contribution in [0.15, 0.2) is 16.8 Å². The first-order chi connectivity index (χ1) is 6.83. The largest absolute Gasteiger partial charge is 0.352 e. The molecule has 1 amide bonds. The van der Waals surface area contributed by atoms with E-state index in [9.17, 15) is 4.79 Å². The summed E-state index contributed by atoms with van der Waals surface area (Å²) in [6.07, 6.45) is 0.554. The first-order valence-electron chi connectivity index (χ1n) is 4.81. The summed E-state index contributed by atoms with van der Waals surface area (Å²) in [5, 5.41) is 10.0. The normalized spacial score (nSPS) is 10.1. The average Bonchev–Trinajstić information content (AvgIpc) is 2.68. The Bertz CT molecular complexity index is 259. The molecule has 0 aromatic carbocycles. The Morgan fingerprint density at radius 2 is 2.43 bits per heavy atom. The van der Waals surface area contributed by atoms with Gasteiger partial charge in [0, 0.05) is 19.5 Å². The molecule has 1 rings (SSSR count). The van der Waals surface area contributed by atoms with E-state index in [1.54, 1.807) is 11.3 Å². The fourth-order valence-corrected chi connectivity index (χ4v) is 1.73. The van der Waals surface area contributed by atoms with Gasteiger partial charge in [-0.25, -0.2) is 0 Å². The van der Waals surface area contributed by atoms with Gasteiger partial charge in [0.2, 0.25) is 5.91 Å². The lowest BCUT2D eigenvalue weighted by molar-refractivity contribution is -0.121. The van der Waals surface area contributed by atoms with Gasteiger partial charge in [-0.15, -0.1) is 0 Å². The number of nitrogens with one attached hydrogen (secondary N) is 2. The van der Waals surface area contributed by atoms with E-state index in [1.165, 1.54) is 5.56 Å². The third-order valence-corrected chi connectivity index (χ3v) is 2.58. The van der Waals surface area contributed by atoms with Crippen molar-refractivity contribution in [2.45, 2.75) is 19.9 Å². The van der Waals surface area contributed by atoms with Gasteiger partial charge in [0.1, 0.15) is 0 Å². The van der Waals surface area contributed by atoms with Crippen molar-refractivity contribution in [3.8, 4) is 0 Å². The number of carbonyl (C=O) groups is 1. The molecule has 0 aliphatic rings. The van der Waals surface area contributed by atoms with Crippen LogP contribution in [-0.4, -0.2) is 19.0 Å². The van der Waals surface area contributed by atoms with Crippen molar-refractivity contribution in [1.29, 1.82) is 0 Å². The molecule has 3 nitrogen and oxygen atoms in total. The Morgan fingerprint density at radius 3 is 3.07 bits per heavy atom. The number of rotatable bonds is 6. The highest BCUT2D eigenvalue weighted by Crippen LogP contribution is 2.04. The summed E-state index contributed by atoms with van der Waals surface area (Å²) in [5.74, 6) is 0.108. The van der Waals surface area contributed by atoms with Gasteiger partial charge < -0.3 is 10.6 Å². The summed E-state index contributed by atoms with van der Waals surface area (Å²) in [5.41, 5.74) is 1.17. The van der Waals surface area contributed by atoms with E-state index < -0.39 is 0 Å². The van der Waals surface area contributed by atoms with Crippen molar-refractivity contribution >= 4 is 17.2 Å². The van der Waals surface area contributed by atoms with Gasteiger partial charge in [0.25, 0.3) is 0 Å². The molecule has 1 aromatic rings. The molecular formula is C10H16N2OS. The van der Waals surface area contributed by atoms with E-state index in [0.29, 0.717) is 13.0 Å². The molecule has 0 radical (unpaired) electrons. The molecule has 0 saturated heterocycles. The van der Waals surface area contributed by atoms with Crippen LogP contribution >= 0.6 is 11.3 Å². The minimum Gasteiger partial charge on any atom is -0.352 e. The maximum atomic E-state index is 11.3. The molecule has 0 aliphatic heterocycles. The second-order valence-electron chi connectivity index (χ2n) is 3.01. The van der Waals surface area contributed by atoms with Gasteiger partial charge in [0.15, 0.2) is 0 Å². The van der Waals surface area contributed by atoms with E-state index >= 15 is 0 Å². The third kappa shape index (κ3) is 4.39. The van der Waals surface area contributed by atoms with Crippen LogP contribution in [0, 0.1) is 0 Å². The van der Waals surface area contributed by atoms with Crippen LogP contribution in [0.3, 0.4) is 0 Å². The van der Waals surface area contributed by atoms with Crippen LogP contribution in [0.1, 0.15) is 18.9 Å². The van der Waals surface area contributed by atoms with Crippen molar-refractivity contribution in [2.75, 3.05) is 13.1 Å². The van der Waals surface area contributed by atoms with E-state index in [-0.39, 0.29) is 5.91 Å². The lowest BCUT2D eigenvalue weighted by Crippen LogP contribution is -2.27. The Morgan fingerprint density at radius 1 is 1.57 bits per heavy atom. The Balaban J connectivity index is 2.09. The summed E-state index contributed by atoms with van der Waals surface area (Å²) >= 11 is 1.65. The van der Waals surface area contributed by atoms with Gasteiger partial charge in [-0.2, -0.15) is 11.3 Å². The van der Waals surface area contributed by atoms with Gasteiger partial charge in [-0.1, -0.05) is 6.92 Å². The summed E-state index contributed by atoms with van der Waals surface area (Å²) in [6.45, 7) is 4.35. The molecule has 0 aliphatic carbocycles. The number of thiophene rings is 1. The monoisotopic (exact) mass is 212 g/mol. The molecule has 2 N–H and O–H groups in total. The molecule has 1 aromatic heterocycles.